The standard InChI is InChI=1S/C23H26BN5O11S.C2H6/c1-23(2,21(37)26-12(20(35)36)6-7-15(30)31)40-29-16(13-9-41-22(25)27-13)18(32)28-14-8-10-4-3-5-11(19(33)34)17(10)39-24(14)38;1-2/h3-5,9,12,14,38H,6-8H2,1-2H3,(H2,25,27)(H,26,37)(H,28,32)(H,30,31)(H,33,34)(H,35,36);1-2H3/b29-16-;. The fourth-order valence-corrected chi connectivity index (χ4v) is 4.16. The minimum absolute atomic E-state index is 0.00246. The van der Waals surface area contributed by atoms with E-state index in [0.717, 1.165) is 11.3 Å². The number of hydrogen-bond acceptors (Lipinski definition) is 12. The predicted octanol–water partition coefficient (Wildman–Crippen LogP) is 0.523. The number of anilines is 1. The van der Waals surface area contributed by atoms with Gasteiger partial charge in [-0.2, -0.15) is 0 Å². The average Bonchev–Trinajstić information content (AvgIpc) is 3.37. The lowest BCUT2D eigenvalue weighted by Gasteiger charge is -2.29. The first-order valence-electron chi connectivity index (χ1n) is 12.9. The number of rotatable bonds is 12. The molecule has 43 heavy (non-hydrogen) atoms. The van der Waals surface area contributed by atoms with Gasteiger partial charge < -0.3 is 46.2 Å². The second kappa shape index (κ2) is 15.0. The van der Waals surface area contributed by atoms with E-state index in [1.165, 1.54) is 31.4 Å². The van der Waals surface area contributed by atoms with Gasteiger partial charge in [0.1, 0.15) is 17.5 Å². The van der Waals surface area contributed by atoms with E-state index >= 15 is 0 Å². The van der Waals surface area contributed by atoms with Gasteiger partial charge in [0.2, 0.25) is 5.60 Å². The van der Waals surface area contributed by atoms with Crippen LogP contribution in [0.3, 0.4) is 0 Å². The number of nitrogens with two attached hydrogens (primary N) is 1. The highest BCUT2D eigenvalue weighted by molar-refractivity contribution is 7.13. The molecule has 2 aromatic rings. The monoisotopic (exact) mass is 621 g/mol. The molecular formula is C25H32BN5O11S. The van der Waals surface area contributed by atoms with Gasteiger partial charge in [-0.05, 0) is 38.3 Å². The number of carbonyl (C=O) groups excluding carboxylic acids is 2. The van der Waals surface area contributed by atoms with E-state index in [9.17, 15) is 39.2 Å². The van der Waals surface area contributed by atoms with Gasteiger partial charge >= 0.3 is 25.0 Å². The number of oxime groups is 1. The van der Waals surface area contributed by atoms with Crippen molar-refractivity contribution in [1.29, 1.82) is 0 Å². The zero-order valence-corrected chi connectivity index (χ0v) is 24.5. The number of aromatic nitrogens is 1. The Labute approximate surface area is 250 Å². The van der Waals surface area contributed by atoms with Gasteiger partial charge in [0, 0.05) is 11.8 Å². The minimum atomic E-state index is -1.84. The number of para-hydroxylation sites is 1. The second-order valence-electron chi connectivity index (χ2n) is 9.30. The van der Waals surface area contributed by atoms with Crippen molar-refractivity contribution in [3.05, 3.63) is 40.4 Å². The number of carbonyl (C=O) groups is 5. The highest BCUT2D eigenvalue weighted by Gasteiger charge is 2.39. The zero-order chi connectivity index (χ0) is 32.5. The number of aromatic carboxylic acids is 1. The van der Waals surface area contributed by atoms with Crippen LogP contribution in [0.15, 0.2) is 28.7 Å². The fraction of sp³-hybridized carbons (Fsp3) is 0.400. The van der Waals surface area contributed by atoms with Gasteiger partial charge in [0.15, 0.2) is 10.8 Å². The van der Waals surface area contributed by atoms with Crippen LogP contribution in [-0.2, 0) is 30.4 Å². The molecule has 0 spiro atoms. The molecule has 2 amide bonds. The topological polar surface area (TPSA) is 260 Å². The average molecular weight is 621 g/mol. The van der Waals surface area contributed by atoms with E-state index in [2.05, 4.69) is 20.8 Å². The van der Waals surface area contributed by atoms with E-state index < -0.39 is 66.6 Å². The molecule has 8 N–H and O–H groups in total. The molecule has 0 aliphatic carbocycles. The molecule has 1 aliphatic rings. The molecule has 1 aliphatic heterocycles. The van der Waals surface area contributed by atoms with Gasteiger partial charge in [0.25, 0.3) is 11.8 Å². The molecule has 1 aromatic carbocycles. The summed E-state index contributed by atoms with van der Waals surface area (Å²) in [7, 11) is -1.63. The number of thiazole rings is 1. The van der Waals surface area contributed by atoms with Crippen molar-refractivity contribution in [2.75, 3.05) is 5.73 Å². The molecular weight excluding hydrogens is 589 g/mol. The largest absolute Gasteiger partial charge is 0.547 e. The van der Waals surface area contributed by atoms with E-state index in [4.69, 9.17) is 20.3 Å². The Balaban J connectivity index is 0.00000316. The molecule has 0 fully saturated rings. The summed E-state index contributed by atoms with van der Waals surface area (Å²) >= 11 is 0.979. The maximum atomic E-state index is 13.3. The highest BCUT2D eigenvalue weighted by atomic mass is 32.1. The first kappa shape index (κ1) is 34.5. The molecule has 18 heteroatoms. The molecule has 1 aromatic heterocycles. The number of aliphatic carboxylic acids is 2. The van der Waals surface area contributed by atoms with Crippen LogP contribution >= 0.6 is 11.3 Å². The van der Waals surface area contributed by atoms with Crippen LogP contribution in [0.4, 0.5) is 5.13 Å². The molecule has 0 bridgehead atoms. The highest BCUT2D eigenvalue weighted by Crippen LogP contribution is 2.30. The van der Waals surface area contributed by atoms with Crippen molar-refractivity contribution < 1.29 is 53.8 Å². The third kappa shape index (κ3) is 9.14. The Morgan fingerprint density at radius 3 is 2.47 bits per heavy atom. The van der Waals surface area contributed by atoms with Crippen LogP contribution in [-0.4, -0.2) is 85.5 Å². The first-order valence-corrected chi connectivity index (χ1v) is 13.8. The Bertz CT molecular complexity index is 1400. The number of nitrogens with one attached hydrogen (secondary N) is 2. The number of amides is 2. The van der Waals surface area contributed by atoms with Gasteiger partial charge in [0.05, 0.1) is 11.5 Å². The van der Waals surface area contributed by atoms with Crippen molar-refractivity contribution in [2.45, 2.75) is 64.5 Å². The van der Waals surface area contributed by atoms with E-state index in [0.29, 0.717) is 5.56 Å². The van der Waals surface area contributed by atoms with Crippen molar-refractivity contribution >= 4 is 59.0 Å². The lowest BCUT2D eigenvalue weighted by molar-refractivity contribution is -0.150. The van der Waals surface area contributed by atoms with Crippen LogP contribution in [0.5, 0.6) is 5.75 Å². The van der Waals surface area contributed by atoms with Crippen LogP contribution in [0, 0.1) is 0 Å². The summed E-state index contributed by atoms with van der Waals surface area (Å²) in [6.07, 6.45) is -0.896. The van der Waals surface area contributed by atoms with E-state index in [-0.39, 0.29) is 35.0 Å². The van der Waals surface area contributed by atoms with Gasteiger partial charge in [-0.1, -0.05) is 31.1 Å². The normalized spacial score (nSPS) is 15.0. The summed E-state index contributed by atoms with van der Waals surface area (Å²) in [5.41, 5.74) is 3.62. The Kier molecular flexibility index (Phi) is 12.0. The summed E-state index contributed by atoms with van der Waals surface area (Å²) in [4.78, 5) is 69.1. The first-order chi connectivity index (χ1) is 20.2. The summed E-state index contributed by atoms with van der Waals surface area (Å²) in [6, 6.07) is 2.85. The van der Waals surface area contributed by atoms with Gasteiger partial charge in [-0.3, -0.25) is 14.4 Å². The Hall–Kier alpha value is -4.71. The van der Waals surface area contributed by atoms with E-state index in [1.807, 2.05) is 13.8 Å². The number of nitrogen functional groups attached to an aromatic ring is 1. The summed E-state index contributed by atoms with van der Waals surface area (Å²) in [5.74, 6) is -6.92. The minimum Gasteiger partial charge on any atom is -0.534 e. The molecule has 0 radical (unpaired) electrons. The van der Waals surface area contributed by atoms with Crippen molar-refractivity contribution in [2.24, 2.45) is 5.16 Å². The number of benzene rings is 1. The van der Waals surface area contributed by atoms with Crippen LogP contribution in [0.1, 0.15) is 62.2 Å². The third-order valence-corrected chi connectivity index (χ3v) is 6.48. The summed E-state index contributed by atoms with van der Waals surface area (Å²) in [5, 5.41) is 48.0. The van der Waals surface area contributed by atoms with Gasteiger partial charge in [-0.25, -0.2) is 14.6 Å². The van der Waals surface area contributed by atoms with Crippen molar-refractivity contribution in [1.82, 2.24) is 15.6 Å². The van der Waals surface area contributed by atoms with Crippen molar-refractivity contribution in [3.8, 4) is 5.75 Å². The number of hydrogen-bond donors (Lipinski definition) is 7. The number of carboxylic acid groups (broad SMARTS) is 3. The van der Waals surface area contributed by atoms with Crippen LogP contribution < -0.4 is 21.0 Å². The molecule has 0 saturated heterocycles. The Morgan fingerprint density at radius 1 is 1.23 bits per heavy atom. The molecule has 2 atom stereocenters. The fourth-order valence-electron chi connectivity index (χ4n) is 3.61. The lowest BCUT2D eigenvalue weighted by Crippen LogP contribution is -2.55. The molecule has 2 heterocycles. The zero-order valence-electron chi connectivity index (χ0n) is 23.7. The molecule has 0 saturated carbocycles. The molecule has 2 unspecified atom stereocenters. The van der Waals surface area contributed by atoms with Crippen molar-refractivity contribution in [3.63, 3.8) is 0 Å². The molecule has 3 rings (SSSR count). The Morgan fingerprint density at radius 2 is 1.91 bits per heavy atom. The van der Waals surface area contributed by atoms with Crippen LogP contribution in [0.25, 0.3) is 0 Å². The van der Waals surface area contributed by atoms with Gasteiger partial charge in [-0.15, -0.1) is 11.3 Å². The molecule has 16 nitrogen and oxygen atoms in total. The SMILES string of the molecule is CC.CC(C)(O/N=C(\C(=O)NC1Cc2cccc(C(=O)O)c2OB1O)c1csc(N)n1)C(=O)NC(CCC(=O)O)C(=O)O. The third-order valence-electron chi connectivity index (χ3n) is 5.81. The number of nitrogens with zero attached hydrogens (tertiary/aromatic N) is 2. The second-order valence-corrected chi connectivity index (χ2v) is 10.2. The lowest BCUT2D eigenvalue weighted by atomic mass is 9.72. The quantitative estimate of drug-likeness (QED) is 0.0970. The molecule has 232 valence electrons. The summed E-state index contributed by atoms with van der Waals surface area (Å²) < 4.78 is 5.38. The van der Waals surface area contributed by atoms with E-state index in [1.54, 1.807) is 6.07 Å². The summed E-state index contributed by atoms with van der Waals surface area (Å²) in [6.45, 7) is 6.48. The maximum absolute atomic E-state index is 13.3. The predicted molar refractivity (Wildman–Crippen MR) is 154 cm³/mol. The number of carboxylic acids is 3. The maximum Gasteiger partial charge on any atom is 0.547 e. The van der Waals surface area contributed by atoms with Crippen LogP contribution in [0.2, 0.25) is 0 Å². The smallest absolute Gasteiger partial charge is 0.534 e. The number of fused-ring (bicyclic) bond motifs is 1.